The average molecular weight is 651 g/mol. The molecule has 1 aromatic rings. The van der Waals surface area contributed by atoms with Crippen molar-refractivity contribution < 1.29 is 38.7 Å². The molecule has 0 aliphatic heterocycles. The summed E-state index contributed by atoms with van der Waals surface area (Å²) < 4.78 is 22.9. The summed E-state index contributed by atoms with van der Waals surface area (Å²) in [4.78, 5) is 23.9. The molecule has 0 unspecified atom stereocenters. The van der Waals surface area contributed by atoms with Crippen LogP contribution < -0.4 is 9.47 Å². The van der Waals surface area contributed by atoms with Crippen LogP contribution >= 0.6 is 0 Å². The van der Waals surface area contributed by atoms with Crippen LogP contribution in [0.5, 0.6) is 11.5 Å². The summed E-state index contributed by atoms with van der Waals surface area (Å²) in [6.45, 7) is 12.9. The van der Waals surface area contributed by atoms with Gasteiger partial charge in [-0.2, -0.15) is 0 Å². The molecular weight excluding hydrogens is 584 g/mol. The fourth-order valence-corrected chi connectivity index (χ4v) is 5.04. The normalized spacial score (nSPS) is 12.6. The Hall–Kier alpha value is -2.32. The first-order valence-corrected chi connectivity index (χ1v) is 18.4. The first-order valence-electron chi connectivity index (χ1n) is 18.4. The van der Waals surface area contributed by atoms with Crippen LogP contribution in [-0.4, -0.2) is 61.8 Å². The average Bonchev–Trinajstić information content (AvgIpc) is 3.04. The monoisotopic (exact) mass is 650 g/mol. The van der Waals surface area contributed by atoms with Gasteiger partial charge in [0.2, 0.25) is 0 Å². The molecule has 2 atom stereocenters. The zero-order valence-electron chi connectivity index (χ0n) is 29.6. The Bertz CT molecular complexity index is 844. The van der Waals surface area contributed by atoms with E-state index in [0.717, 1.165) is 103 Å². The second-order valence-electron chi connectivity index (χ2n) is 13.0. The predicted octanol–water partition coefficient (Wildman–Crippen LogP) is 10.2. The molecule has 2 N–H and O–H groups in total. The van der Waals surface area contributed by atoms with E-state index in [1.54, 1.807) is 0 Å². The lowest BCUT2D eigenvalue weighted by atomic mass is 10.1. The molecule has 0 amide bonds. The van der Waals surface area contributed by atoms with E-state index in [1.807, 2.05) is 0 Å². The number of carboxylic acids is 2. The molecular formula is C38H66O8. The molecule has 0 saturated carbocycles. The SMILES string of the molecule is CC[C@@H](C)COCCCCCCCCCCOc1cc(C(=O)O)c(OCCCCCCCCCCOC[C@H](C)CC)cc1C(=O)O. The van der Waals surface area contributed by atoms with Crippen LogP contribution in [0.3, 0.4) is 0 Å². The predicted molar refractivity (Wildman–Crippen MR) is 186 cm³/mol. The van der Waals surface area contributed by atoms with Crippen LogP contribution in [-0.2, 0) is 9.47 Å². The second-order valence-corrected chi connectivity index (χ2v) is 13.0. The highest BCUT2D eigenvalue weighted by Crippen LogP contribution is 2.30. The van der Waals surface area contributed by atoms with E-state index < -0.39 is 11.9 Å². The number of hydrogen-bond acceptors (Lipinski definition) is 6. The van der Waals surface area contributed by atoms with Crippen molar-refractivity contribution in [1.29, 1.82) is 0 Å². The quantitative estimate of drug-likeness (QED) is 0.0741. The minimum absolute atomic E-state index is 0.0709. The lowest BCUT2D eigenvalue weighted by Crippen LogP contribution is -2.10. The first-order chi connectivity index (χ1) is 22.3. The van der Waals surface area contributed by atoms with E-state index >= 15 is 0 Å². The molecule has 0 aliphatic carbocycles. The highest BCUT2D eigenvalue weighted by molar-refractivity contribution is 5.97. The van der Waals surface area contributed by atoms with Gasteiger partial charge in [-0.25, -0.2) is 9.59 Å². The summed E-state index contributed by atoms with van der Waals surface area (Å²) in [5.41, 5.74) is -0.142. The fourth-order valence-electron chi connectivity index (χ4n) is 5.04. The standard InChI is InChI=1S/C38H66O8/c1-5-31(3)29-43-23-19-15-11-7-9-13-17-21-25-45-35-27-34(38(41)42)36(28-33(35)37(39)40)46-26-22-18-14-10-8-12-16-20-24-44-30-32(4)6-2/h27-28,31-32H,5-26,29-30H2,1-4H3,(H,39,40)(H,41,42)/t31-,32-/m1/s1. The fraction of sp³-hybridized carbons (Fsp3) is 0.789. The molecule has 8 heteroatoms. The highest BCUT2D eigenvalue weighted by atomic mass is 16.5. The zero-order chi connectivity index (χ0) is 33.8. The van der Waals surface area contributed by atoms with Crippen LogP contribution in [0.4, 0.5) is 0 Å². The van der Waals surface area contributed by atoms with Crippen molar-refractivity contribution in [3.05, 3.63) is 23.3 Å². The molecule has 0 radical (unpaired) electrons. The van der Waals surface area contributed by atoms with Crippen molar-refractivity contribution in [2.45, 2.75) is 143 Å². The van der Waals surface area contributed by atoms with Crippen LogP contribution in [0.2, 0.25) is 0 Å². The van der Waals surface area contributed by atoms with Crippen molar-refractivity contribution in [2.75, 3.05) is 39.6 Å². The van der Waals surface area contributed by atoms with E-state index in [0.29, 0.717) is 25.0 Å². The summed E-state index contributed by atoms with van der Waals surface area (Å²) in [6, 6.07) is 2.59. The van der Waals surface area contributed by atoms with Crippen molar-refractivity contribution in [1.82, 2.24) is 0 Å². The van der Waals surface area contributed by atoms with Crippen molar-refractivity contribution in [3.8, 4) is 11.5 Å². The molecule has 46 heavy (non-hydrogen) atoms. The van der Waals surface area contributed by atoms with Gasteiger partial charge in [0.05, 0.1) is 13.2 Å². The number of benzene rings is 1. The molecule has 0 heterocycles. The maximum atomic E-state index is 11.9. The van der Waals surface area contributed by atoms with Crippen molar-refractivity contribution in [2.24, 2.45) is 11.8 Å². The molecule has 0 aliphatic rings. The summed E-state index contributed by atoms with van der Waals surface area (Å²) in [7, 11) is 0. The first kappa shape index (κ1) is 41.7. The zero-order valence-corrected chi connectivity index (χ0v) is 29.6. The highest BCUT2D eigenvalue weighted by Gasteiger charge is 2.21. The van der Waals surface area contributed by atoms with E-state index in [9.17, 15) is 19.8 Å². The van der Waals surface area contributed by atoms with Crippen LogP contribution in [0.25, 0.3) is 0 Å². The summed E-state index contributed by atoms with van der Waals surface area (Å²) >= 11 is 0. The Morgan fingerprint density at radius 1 is 0.522 bits per heavy atom. The largest absolute Gasteiger partial charge is 0.493 e. The van der Waals surface area contributed by atoms with Gasteiger partial charge in [0.25, 0.3) is 0 Å². The minimum atomic E-state index is -1.16. The van der Waals surface area contributed by atoms with Crippen LogP contribution in [0.1, 0.15) is 164 Å². The van der Waals surface area contributed by atoms with Crippen LogP contribution in [0.15, 0.2) is 12.1 Å². The molecule has 1 aromatic carbocycles. The molecule has 0 spiro atoms. The van der Waals surface area contributed by atoms with E-state index in [2.05, 4.69) is 27.7 Å². The summed E-state index contributed by atoms with van der Waals surface area (Å²) in [5.74, 6) is -0.894. The molecule has 8 nitrogen and oxygen atoms in total. The number of ether oxygens (including phenoxy) is 4. The molecule has 0 saturated heterocycles. The Balaban J connectivity index is 2.26. The second kappa shape index (κ2) is 27.8. The van der Waals surface area contributed by atoms with E-state index in [1.165, 1.54) is 50.7 Å². The minimum Gasteiger partial charge on any atom is -0.493 e. The van der Waals surface area contributed by atoms with E-state index in [4.69, 9.17) is 18.9 Å². The third-order valence-electron chi connectivity index (χ3n) is 8.62. The van der Waals surface area contributed by atoms with Gasteiger partial charge in [-0.3, -0.25) is 0 Å². The third kappa shape index (κ3) is 20.7. The molecule has 266 valence electrons. The smallest absolute Gasteiger partial charge is 0.339 e. The Labute approximate surface area is 279 Å². The number of hydrogen-bond donors (Lipinski definition) is 2. The van der Waals surface area contributed by atoms with Crippen molar-refractivity contribution >= 4 is 11.9 Å². The number of carboxylic acid groups (broad SMARTS) is 2. The van der Waals surface area contributed by atoms with Gasteiger partial charge >= 0.3 is 11.9 Å². The van der Waals surface area contributed by atoms with Gasteiger partial charge in [-0.05, 0) is 49.7 Å². The summed E-state index contributed by atoms with van der Waals surface area (Å²) in [5, 5.41) is 19.5. The third-order valence-corrected chi connectivity index (χ3v) is 8.62. The molecule has 1 rings (SSSR count). The number of aromatic carboxylic acids is 2. The Morgan fingerprint density at radius 3 is 1.09 bits per heavy atom. The van der Waals surface area contributed by atoms with Gasteiger partial charge in [-0.1, -0.05) is 118 Å². The maximum Gasteiger partial charge on any atom is 0.339 e. The van der Waals surface area contributed by atoms with Gasteiger partial charge in [0.1, 0.15) is 22.6 Å². The molecule has 0 fully saturated rings. The van der Waals surface area contributed by atoms with Gasteiger partial charge in [0.15, 0.2) is 0 Å². The van der Waals surface area contributed by atoms with E-state index in [-0.39, 0.29) is 22.6 Å². The number of carbonyl (C=O) groups is 2. The number of rotatable bonds is 32. The number of unbranched alkanes of at least 4 members (excludes halogenated alkanes) is 14. The Kier molecular flexibility index (Phi) is 25.2. The van der Waals surface area contributed by atoms with Crippen molar-refractivity contribution in [3.63, 3.8) is 0 Å². The summed E-state index contributed by atoms with van der Waals surface area (Å²) in [6.07, 6.45) is 19.9. The lowest BCUT2D eigenvalue weighted by molar-refractivity contribution is 0.0672. The van der Waals surface area contributed by atoms with Gasteiger partial charge in [0, 0.05) is 26.4 Å². The van der Waals surface area contributed by atoms with Gasteiger partial charge in [-0.15, -0.1) is 0 Å². The lowest BCUT2D eigenvalue weighted by Gasteiger charge is -2.14. The van der Waals surface area contributed by atoms with Gasteiger partial charge < -0.3 is 29.2 Å². The molecule has 0 bridgehead atoms. The Morgan fingerprint density at radius 2 is 0.804 bits per heavy atom. The van der Waals surface area contributed by atoms with Crippen LogP contribution in [0, 0.1) is 11.8 Å². The topological polar surface area (TPSA) is 112 Å². The molecule has 0 aromatic heterocycles. The maximum absolute atomic E-state index is 11.9.